The molecular formula is C20H26ClN5O+2. The summed E-state index contributed by atoms with van der Waals surface area (Å²) in [6, 6.07) is 11.8. The number of carbonyl (C=O) groups excluding carboxylic acids is 1. The lowest BCUT2D eigenvalue weighted by Crippen LogP contribution is -3.28. The number of hydrazone groups is 1. The van der Waals surface area contributed by atoms with Gasteiger partial charge in [-0.2, -0.15) is 5.10 Å². The molecular weight excluding hydrogens is 362 g/mol. The molecule has 0 radical (unpaired) electrons. The van der Waals surface area contributed by atoms with Gasteiger partial charge in [-0.15, -0.1) is 0 Å². The number of aromatic nitrogens is 1. The Bertz CT molecular complexity index is 788. The van der Waals surface area contributed by atoms with Gasteiger partial charge in [-0.3, -0.25) is 9.78 Å². The Morgan fingerprint density at radius 2 is 1.89 bits per heavy atom. The second-order valence-electron chi connectivity index (χ2n) is 6.92. The molecule has 0 spiro atoms. The Morgan fingerprint density at radius 3 is 2.59 bits per heavy atom. The lowest BCUT2D eigenvalue weighted by atomic mass is 10.2. The summed E-state index contributed by atoms with van der Waals surface area (Å²) in [7, 11) is 0. The number of amides is 1. The van der Waals surface area contributed by atoms with Gasteiger partial charge in [0.2, 0.25) is 0 Å². The van der Waals surface area contributed by atoms with Crippen LogP contribution in [0.4, 0.5) is 0 Å². The van der Waals surface area contributed by atoms with Crippen molar-refractivity contribution in [2.24, 2.45) is 5.10 Å². The van der Waals surface area contributed by atoms with Crippen LogP contribution in [-0.4, -0.2) is 49.3 Å². The summed E-state index contributed by atoms with van der Waals surface area (Å²) in [6.45, 7) is 7.26. The lowest BCUT2D eigenvalue weighted by Gasteiger charge is -2.29. The Labute approximate surface area is 164 Å². The van der Waals surface area contributed by atoms with Gasteiger partial charge < -0.3 is 9.80 Å². The Kier molecular flexibility index (Phi) is 6.92. The van der Waals surface area contributed by atoms with Crippen molar-refractivity contribution in [3.8, 4) is 0 Å². The van der Waals surface area contributed by atoms with Crippen LogP contribution in [0, 0.1) is 0 Å². The number of hydrogen-bond acceptors (Lipinski definition) is 3. The molecule has 2 aromatic rings. The number of quaternary nitrogens is 2. The van der Waals surface area contributed by atoms with E-state index in [1.54, 1.807) is 12.4 Å². The molecule has 3 rings (SSSR count). The van der Waals surface area contributed by atoms with Crippen LogP contribution in [0.5, 0.6) is 0 Å². The number of pyridine rings is 1. The van der Waals surface area contributed by atoms with Crippen LogP contribution in [-0.2, 0) is 11.3 Å². The topological polar surface area (TPSA) is 63.2 Å². The Balaban J connectivity index is 1.42. The third-order valence-electron chi connectivity index (χ3n) is 4.90. The standard InChI is InChI=1S/C20H24ClN5O/c1-16(17-6-4-8-22-13-17)23-24-20(27)15-26-11-9-25(10-12-26)14-18-5-2-3-7-19(18)21/h2-8,13H,9-12,14-15H2,1H3,(H,24,27)/p+2/b23-16+. The van der Waals surface area contributed by atoms with Gasteiger partial charge in [0.1, 0.15) is 32.7 Å². The summed E-state index contributed by atoms with van der Waals surface area (Å²) in [6.07, 6.45) is 3.45. The largest absolute Gasteiger partial charge is 0.322 e. The normalized spacial score (nSPS) is 20.3. The van der Waals surface area contributed by atoms with Crippen LogP contribution in [0.3, 0.4) is 0 Å². The molecule has 0 aliphatic carbocycles. The number of piperazine rings is 1. The van der Waals surface area contributed by atoms with Crippen LogP contribution >= 0.6 is 11.6 Å². The Morgan fingerprint density at radius 1 is 1.15 bits per heavy atom. The maximum atomic E-state index is 12.2. The fourth-order valence-corrected chi connectivity index (χ4v) is 3.48. The molecule has 7 heteroatoms. The highest BCUT2D eigenvalue weighted by Crippen LogP contribution is 2.13. The smallest absolute Gasteiger partial charge is 0.295 e. The zero-order valence-electron chi connectivity index (χ0n) is 15.5. The van der Waals surface area contributed by atoms with Crippen molar-refractivity contribution in [2.45, 2.75) is 13.5 Å². The van der Waals surface area contributed by atoms with Crippen LogP contribution in [0.2, 0.25) is 5.02 Å². The molecule has 1 saturated heterocycles. The van der Waals surface area contributed by atoms with E-state index in [2.05, 4.69) is 21.6 Å². The van der Waals surface area contributed by atoms with E-state index < -0.39 is 0 Å². The SMILES string of the molecule is C/C(=N\NC(=O)C[NH+]1CC[NH+](Cc2ccccc2Cl)CC1)c1cccnc1. The van der Waals surface area contributed by atoms with Crippen LogP contribution in [0.1, 0.15) is 18.1 Å². The second kappa shape index (κ2) is 9.60. The minimum absolute atomic E-state index is 0.0530. The third kappa shape index (κ3) is 5.85. The van der Waals surface area contributed by atoms with Gasteiger partial charge in [0.25, 0.3) is 5.91 Å². The zero-order chi connectivity index (χ0) is 19.1. The van der Waals surface area contributed by atoms with Gasteiger partial charge in [-0.1, -0.05) is 35.9 Å². The predicted octanol–water partition coefficient (Wildman–Crippen LogP) is -0.441. The van der Waals surface area contributed by atoms with E-state index in [0.717, 1.165) is 49.0 Å². The Hall–Kier alpha value is -2.28. The molecule has 1 aromatic heterocycles. The minimum Gasteiger partial charge on any atom is -0.322 e. The van der Waals surface area contributed by atoms with Gasteiger partial charge in [0, 0.05) is 28.5 Å². The molecule has 3 N–H and O–H groups in total. The summed E-state index contributed by atoms with van der Waals surface area (Å²) in [5.74, 6) is -0.0530. The van der Waals surface area contributed by atoms with Crippen LogP contribution in [0.25, 0.3) is 0 Å². The lowest BCUT2D eigenvalue weighted by molar-refractivity contribution is -1.02. The first-order valence-corrected chi connectivity index (χ1v) is 9.63. The molecule has 0 saturated carbocycles. The summed E-state index contributed by atoms with van der Waals surface area (Å²) >= 11 is 6.26. The minimum atomic E-state index is -0.0530. The highest BCUT2D eigenvalue weighted by atomic mass is 35.5. The summed E-state index contributed by atoms with van der Waals surface area (Å²) in [5.41, 5.74) is 5.51. The molecule has 0 bridgehead atoms. The third-order valence-corrected chi connectivity index (χ3v) is 5.27. The number of rotatable bonds is 6. The second-order valence-corrected chi connectivity index (χ2v) is 7.33. The van der Waals surface area contributed by atoms with Gasteiger partial charge in [0.15, 0.2) is 6.54 Å². The van der Waals surface area contributed by atoms with E-state index in [-0.39, 0.29) is 5.91 Å². The first-order valence-electron chi connectivity index (χ1n) is 9.26. The molecule has 1 aliphatic heterocycles. The van der Waals surface area contributed by atoms with Gasteiger partial charge in [-0.05, 0) is 19.1 Å². The molecule has 27 heavy (non-hydrogen) atoms. The van der Waals surface area contributed by atoms with E-state index in [1.807, 2.05) is 37.3 Å². The molecule has 0 atom stereocenters. The number of carbonyl (C=O) groups is 1. The van der Waals surface area contributed by atoms with Gasteiger partial charge >= 0.3 is 0 Å². The van der Waals surface area contributed by atoms with Crippen molar-refractivity contribution < 1.29 is 14.6 Å². The first kappa shape index (κ1) is 19.5. The van der Waals surface area contributed by atoms with Crippen molar-refractivity contribution in [2.75, 3.05) is 32.7 Å². The van der Waals surface area contributed by atoms with Crippen molar-refractivity contribution in [1.82, 2.24) is 10.4 Å². The highest BCUT2D eigenvalue weighted by molar-refractivity contribution is 6.31. The first-order chi connectivity index (χ1) is 13.1. The van der Waals surface area contributed by atoms with E-state index in [0.29, 0.717) is 6.54 Å². The van der Waals surface area contributed by atoms with E-state index >= 15 is 0 Å². The van der Waals surface area contributed by atoms with E-state index in [9.17, 15) is 4.79 Å². The average molecular weight is 388 g/mol. The quantitative estimate of drug-likeness (QED) is 0.465. The van der Waals surface area contributed by atoms with E-state index in [4.69, 9.17) is 11.6 Å². The maximum Gasteiger partial charge on any atom is 0.295 e. The van der Waals surface area contributed by atoms with Crippen molar-refractivity contribution in [3.63, 3.8) is 0 Å². The fraction of sp³-hybridized carbons (Fsp3) is 0.350. The zero-order valence-corrected chi connectivity index (χ0v) is 16.3. The summed E-state index contributed by atoms with van der Waals surface area (Å²) in [5, 5.41) is 5.02. The molecule has 6 nitrogen and oxygen atoms in total. The average Bonchev–Trinajstić information content (AvgIpc) is 2.70. The monoisotopic (exact) mass is 387 g/mol. The molecule has 1 fully saturated rings. The molecule has 1 aliphatic rings. The summed E-state index contributed by atoms with van der Waals surface area (Å²) < 4.78 is 0. The number of halogens is 1. The number of nitrogens with zero attached hydrogens (tertiary/aromatic N) is 2. The number of benzene rings is 1. The number of hydrogen-bond donors (Lipinski definition) is 3. The fourth-order valence-electron chi connectivity index (χ4n) is 3.28. The van der Waals surface area contributed by atoms with Crippen LogP contribution < -0.4 is 15.2 Å². The molecule has 1 amide bonds. The van der Waals surface area contributed by atoms with E-state index in [1.165, 1.54) is 15.4 Å². The molecule has 1 aromatic carbocycles. The van der Waals surface area contributed by atoms with Crippen LogP contribution in [0.15, 0.2) is 53.9 Å². The van der Waals surface area contributed by atoms with Crippen molar-refractivity contribution in [3.05, 3.63) is 64.9 Å². The summed E-state index contributed by atoms with van der Waals surface area (Å²) in [4.78, 5) is 19.1. The molecule has 142 valence electrons. The maximum absolute atomic E-state index is 12.2. The molecule has 0 unspecified atom stereocenters. The van der Waals surface area contributed by atoms with Crippen molar-refractivity contribution in [1.29, 1.82) is 0 Å². The highest BCUT2D eigenvalue weighted by Gasteiger charge is 2.25. The van der Waals surface area contributed by atoms with Gasteiger partial charge in [0.05, 0.1) is 5.71 Å². The molecule has 2 heterocycles. The predicted molar refractivity (Wildman–Crippen MR) is 106 cm³/mol. The van der Waals surface area contributed by atoms with Gasteiger partial charge in [-0.25, -0.2) is 5.43 Å². The van der Waals surface area contributed by atoms with Crippen molar-refractivity contribution >= 4 is 23.2 Å². The number of nitrogens with one attached hydrogen (secondary N) is 3.